The molecule has 0 amide bonds. The van der Waals surface area contributed by atoms with E-state index in [-0.39, 0.29) is 17.4 Å². The molecule has 130 valence electrons. The molecule has 2 nitrogen and oxygen atoms in total. The summed E-state index contributed by atoms with van der Waals surface area (Å²) in [7, 11) is 0. The molecule has 5 heteroatoms. The van der Waals surface area contributed by atoms with E-state index in [0.717, 1.165) is 11.1 Å². The van der Waals surface area contributed by atoms with Crippen molar-refractivity contribution < 1.29 is 9.13 Å². The van der Waals surface area contributed by atoms with Crippen LogP contribution in [0.2, 0.25) is 5.02 Å². The molecule has 0 aromatic heterocycles. The van der Waals surface area contributed by atoms with Gasteiger partial charge < -0.3 is 10.5 Å². The smallest absolute Gasteiger partial charge is 0.149 e. The van der Waals surface area contributed by atoms with Crippen LogP contribution in [0.4, 0.5) is 4.39 Å². The lowest BCUT2D eigenvalue weighted by Gasteiger charge is -2.14. The number of hydrogen-bond donors (Lipinski definition) is 1. The molecule has 0 aliphatic carbocycles. The molecule has 0 heterocycles. The number of rotatable bonds is 5. The Morgan fingerprint density at radius 1 is 0.880 bits per heavy atom. The van der Waals surface area contributed by atoms with Gasteiger partial charge in [0.15, 0.2) is 0 Å². The largest absolute Gasteiger partial charge is 0.488 e. The van der Waals surface area contributed by atoms with Gasteiger partial charge in [0.2, 0.25) is 0 Å². The van der Waals surface area contributed by atoms with Crippen molar-refractivity contribution in [2.24, 2.45) is 5.73 Å². The fraction of sp³-hybridized carbons (Fsp3) is 0.100. The third-order valence-electron chi connectivity index (χ3n) is 3.76. The zero-order valence-electron chi connectivity index (χ0n) is 13.4. The summed E-state index contributed by atoms with van der Waals surface area (Å²) in [4.78, 5) is 0. The highest BCUT2D eigenvalue weighted by atomic mass is 35.5. The second-order valence-corrected chi connectivity index (χ2v) is 5.82. The van der Waals surface area contributed by atoms with Gasteiger partial charge in [0.1, 0.15) is 18.2 Å². The maximum Gasteiger partial charge on any atom is 0.149 e. The summed E-state index contributed by atoms with van der Waals surface area (Å²) >= 11 is 5.91. The molecule has 25 heavy (non-hydrogen) atoms. The molecule has 0 fully saturated rings. The van der Waals surface area contributed by atoms with Crippen LogP contribution < -0.4 is 10.5 Å². The molecule has 0 aliphatic heterocycles. The quantitative estimate of drug-likeness (QED) is 0.627. The Morgan fingerprint density at radius 3 is 2.36 bits per heavy atom. The molecule has 0 radical (unpaired) electrons. The van der Waals surface area contributed by atoms with Crippen molar-refractivity contribution in [1.29, 1.82) is 0 Å². The Balaban J connectivity index is 0.00000225. The van der Waals surface area contributed by atoms with Gasteiger partial charge in [-0.1, -0.05) is 66.2 Å². The molecule has 0 saturated heterocycles. The second kappa shape index (κ2) is 8.86. The maximum atomic E-state index is 14.4. The molecule has 2 N–H and O–H groups in total. The number of hydrogen-bond acceptors (Lipinski definition) is 2. The first-order chi connectivity index (χ1) is 11.7. The highest BCUT2D eigenvalue weighted by molar-refractivity contribution is 6.31. The Bertz CT molecular complexity index is 840. The average molecular weight is 378 g/mol. The molecule has 0 bridgehead atoms. The van der Waals surface area contributed by atoms with Crippen LogP contribution in [0.15, 0.2) is 66.7 Å². The first kappa shape index (κ1) is 19.3. The van der Waals surface area contributed by atoms with Crippen LogP contribution in [0, 0.1) is 5.82 Å². The van der Waals surface area contributed by atoms with Crippen LogP contribution in [-0.4, -0.2) is 0 Å². The van der Waals surface area contributed by atoms with E-state index in [0.29, 0.717) is 30.0 Å². The summed E-state index contributed by atoms with van der Waals surface area (Å²) in [6.07, 6.45) is 0. The minimum atomic E-state index is -0.454. The van der Waals surface area contributed by atoms with Gasteiger partial charge in [0, 0.05) is 17.7 Å². The monoisotopic (exact) mass is 377 g/mol. The summed E-state index contributed by atoms with van der Waals surface area (Å²) in [5, 5.41) is 0.0874. The Morgan fingerprint density at radius 2 is 1.64 bits per heavy atom. The SMILES string of the molecule is Cl.NCc1ccc(-c2cccc(Cl)c2F)c(OCc2ccccc2)c1. The van der Waals surface area contributed by atoms with Crippen molar-refractivity contribution in [3.8, 4) is 16.9 Å². The van der Waals surface area contributed by atoms with Crippen LogP contribution >= 0.6 is 24.0 Å². The van der Waals surface area contributed by atoms with Gasteiger partial charge in [-0.15, -0.1) is 12.4 Å². The Labute approximate surface area is 157 Å². The van der Waals surface area contributed by atoms with Gasteiger partial charge in [-0.25, -0.2) is 4.39 Å². The van der Waals surface area contributed by atoms with E-state index >= 15 is 0 Å². The van der Waals surface area contributed by atoms with Crippen molar-refractivity contribution in [3.63, 3.8) is 0 Å². The zero-order valence-corrected chi connectivity index (χ0v) is 15.0. The summed E-state index contributed by atoms with van der Waals surface area (Å²) in [5.74, 6) is 0.132. The van der Waals surface area contributed by atoms with E-state index in [2.05, 4.69) is 0 Å². The topological polar surface area (TPSA) is 35.2 Å². The molecule has 3 rings (SSSR count). The molecule has 0 unspecified atom stereocenters. The Kier molecular flexibility index (Phi) is 6.82. The highest BCUT2D eigenvalue weighted by Crippen LogP contribution is 2.35. The maximum absolute atomic E-state index is 14.4. The average Bonchev–Trinajstić information content (AvgIpc) is 2.63. The minimum Gasteiger partial charge on any atom is -0.488 e. The van der Waals surface area contributed by atoms with Gasteiger partial charge in [-0.2, -0.15) is 0 Å². The van der Waals surface area contributed by atoms with E-state index in [9.17, 15) is 4.39 Å². The lowest BCUT2D eigenvalue weighted by Crippen LogP contribution is -2.01. The van der Waals surface area contributed by atoms with E-state index < -0.39 is 5.82 Å². The lowest BCUT2D eigenvalue weighted by atomic mass is 10.0. The summed E-state index contributed by atoms with van der Waals surface area (Å²) < 4.78 is 20.4. The van der Waals surface area contributed by atoms with Crippen molar-refractivity contribution in [1.82, 2.24) is 0 Å². The van der Waals surface area contributed by atoms with Crippen molar-refractivity contribution in [3.05, 3.63) is 88.7 Å². The fourth-order valence-corrected chi connectivity index (χ4v) is 2.66. The van der Waals surface area contributed by atoms with Crippen molar-refractivity contribution in [2.75, 3.05) is 0 Å². The van der Waals surface area contributed by atoms with Crippen molar-refractivity contribution in [2.45, 2.75) is 13.2 Å². The summed E-state index contributed by atoms with van der Waals surface area (Å²) in [6.45, 7) is 0.782. The molecule has 3 aromatic rings. The first-order valence-corrected chi connectivity index (χ1v) is 8.01. The molecule has 0 saturated carbocycles. The van der Waals surface area contributed by atoms with Crippen LogP contribution in [-0.2, 0) is 13.2 Å². The lowest BCUT2D eigenvalue weighted by molar-refractivity contribution is 0.307. The van der Waals surface area contributed by atoms with Crippen LogP contribution in [0.5, 0.6) is 5.75 Å². The van der Waals surface area contributed by atoms with Crippen LogP contribution in [0.3, 0.4) is 0 Å². The molecule has 0 atom stereocenters. The zero-order chi connectivity index (χ0) is 16.9. The third kappa shape index (κ3) is 4.51. The summed E-state index contributed by atoms with van der Waals surface area (Å²) in [6, 6.07) is 20.3. The van der Waals surface area contributed by atoms with Gasteiger partial charge in [-0.05, 0) is 23.3 Å². The van der Waals surface area contributed by atoms with E-state index in [1.165, 1.54) is 6.07 Å². The molecular formula is C20H18Cl2FNO. The highest BCUT2D eigenvalue weighted by Gasteiger charge is 2.14. The number of halogens is 3. The van der Waals surface area contributed by atoms with Crippen molar-refractivity contribution >= 4 is 24.0 Å². The third-order valence-corrected chi connectivity index (χ3v) is 4.05. The van der Waals surface area contributed by atoms with E-state index in [1.54, 1.807) is 12.1 Å². The van der Waals surface area contributed by atoms with E-state index in [1.807, 2.05) is 48.5 Å². The molecule has 0 spiro atoms. The molecule has 0 aliphatic rings. The fourth-order valence-electron chi connectivity index (χ4n) is 2.48. The predicted molar refractivity (Wildman–Crippen MR) is 103 cm³/mol. The molecule has 3 aromatic carbocycles. The Hall–Kier alpha value is -2.07. The normalized spacial score (nSPS) is 10.2. The predicted octanol–water partition coefficient (Wildman–Crippen LogP) is 5.61. The van der Waals surface area contributed by atoms with Gasteiger partial charge in [0.05, 0.1) is 5.02 Å². The standard InChI is InChI=1S/C20H17ClFNO.ClH/c21-18-8-4-7-17(20(18)22)16-10-9-15(12-23)11-19(16)24-13-14-5-2-1-3-6-14;/h1-11H,12-13,23H2;1H. The van der Waals surface area contributed by atoms with Crippen LogP contribution in [0.25, 0.3) is 11.1 Å². The number of benzene rings is 3. The molecular weight excluding hydrogens is 360 g/mol. The van der Waals surface area contributed by atoms with Crippen LogP contribution in [0.1, 0.15) is 11.1 Å². The second-order valence-electron chi connectivity index (χ2n) is 5.41. The van der Waals surface area contributed by atoms with Gasteiger partial charge in [0.25, 0.3) is 0 Å². The van der Waals surface area contributed by atoms with Gasteiger partial charge >= 0.3 is 0 Å². The minimum absolute atomic E-state index is 0. The summed E-state index contributed by atoms with van der Waals surface area (Å²) in [5.41, 5.74) is 8.74. The first-order valence-electron chi connectivity index (χ1n) is 7.63. The number of nitrogens with two attached hydrogens (primary N) is 1. The van der Waals surface area contributed by atoms with E-state index in [4.69, 9.17) is 22.1 Å². The van der Waals surface area contributed by atoms with Gasteiger partial charge in [-0.3, -0.25) is 0 Å². The number of ether oxygens (including phenoxy) is 1.